The van der Waals surface area contributed by atoms with Crippen LogP contribution in [0.5, 0.6) is 23.0 Å². The summed E-state index contributed by atoms with van der Waals surface area (Å²) in [6, 6.07) is 19.5. The van der Waals surface area contributed by atoms with Gasteiger partial charge in [0.2, 0.25) is 11.2 Å². The molecule has 0 aliphatic carbocycles. The molecule has 7 nitrogen and oxygen atoms in total. The van der Waals surface area contributed by atoms with Crippen LogP contribution in [0.1, 0.15) is 18.2 Å². The van der Waals surface area contributed by atoms with Gasteiger partial charge in [-0.05, 0) is 49.2 Å². The van der Waals surface area contributed by atoms with E-state index in [4.69, 9.17) is 18.6 Å². The Morgan fingerprint density at radius 1 is 1.00 bits per heavy atom. The normalized spacial score (nSPS) is 10.7. The fourth-order valence-corrected chi connectivity index (χ4v) is 3.57. The number of hydrogen-bond acceptors (Lipinski definition) is 6. The standard InChI is InChI=1S/C27H25NO6/c1-4-18-9-5-6-10-21(18)28-25(29)16-32-19-13-14-20-24(15-19)33-17(2)27(26(20)30)34-23-12-8-7-11-22(23)31-3/h5-15H,4,16H2,1-3H3,(H,28,29). The predicted octanol–water partition coefficient (Wildman–Crippen LogP) is 5.48. The van der Waals surface area contributed by atoms with Crippen molar-refractivity contribution in [1.82, 2.24) is 0 Å². The number of amides is 1. The molecule has 174 valence electrons. The van der Waals surface area contributed by atoms with Crippen molar-refractivity contribution in [2.75, 3.05) is 19.0 Å². The summed E-state index contributed by atoms with van der Waals surface area (Å²) in [5, 5.41) is 3.20. The zero-order valence-electron chi connectivity index (χ0n) is 19.2. The van der Waals surface area contributed by atoms with E-state index < -0.39 is 0 Å². The number of fused-ring (bicyclic) bond motifs is 1. The van der Waals surface area contributed by atoms with Crippen LogP contribution in [0.2, 0.25) is 0 Å². The minimum absolute atomic E-state index is 0.0830. The van der Waals surface area contributed by atoms with E-state index in [0.717, 1.165) is 17.7 Å². The molecule has 1 aromatic heterocycles. The first-order valence-electron chi connectivity index (χ1n) is 10.9. The highest BCUT2D eigenvalue weighted by Crippen LogP contribution is 2.32. The van der Waals surface area contributed by atoms with Crippen LogP contribution in [-0.4, -0.2) is 19.6 Å². The highest BCUT2D eigenvalue weighted by Gasteiger charge is 2.16. The maximum atomic E-state index is 13.1. The van der Waals surface area contributed by atoms with Gasteiger partial charge in [-0.15, -0.1) is 0 Å². The second kappa shape index (κ2) is 10.1. The molecular formula is C27H25NO6. The number of nitrogens with one attached hydrogen (secondary N) is 1. The summed E-state index contributed by atoms with van der Waals surface area (Å²) in [5.74, 6) is 1.45. The van der Waals surface area contributed by atoms with Crippen molar-refractivity contribution in [3.63, 3.8) is 0 Å². The van der Waals surface area contributed by atoms with Gasteiger partial charge in [-0.1, -0.05) is 37.3 Å². The zero-order valence-corrected chi connectivity index (χ0v) is 19.2. The van der Waals surface area contributed by atoms with Crippen molar-refractivity contribution in [3.05, 3.63) is 88.3 Å². The minimum Gasteiger partial charge on any atom is -0.493 e. The van der Waals surface area contributed by atoms with Gasteiger partial charge in [0.25, 0.3) is 5.91 Å². The van der Waals surface area contributed by atoms with Gasteiger partial charge in [-0.25, -0.2) is 0 Å². The monoisotopic (exact) mass is 459 g/mol. The van der Waals surface area contributed by atoms with Gasteiger partial charge in [0.15, 0.2) is 18.1 Å². The molecule has 34 heavy (non-hydrogen) atoms. The molecule has 0 unspecified atom stereocenters. The number of rotatable bonds is 8. The number of benzene rings is 3. The fourth-order valence-electron chi connectivity index (χ4n) is 3.57. The van der Waals surface area contributed by atoms with Gasteiger partial charge >= 0.3 is 0 Å². The highest BCUT2D eigenvalue weighted by atomic mass is 16.5. The summed E-state index contributed by atoms with van der Waals surface area (Å²) in [4.78, 5) is 25.4. The Balaban J connectivity index is 1.51. The number of methoxy groups -OCH3 is 1. The lowest BCUT2D eigenvalue weighted by molar-refractivity contribution is -0.118. The van der Waals surface area contributed by atoms with Crippen molar-refractivity contribution < 1.29 is 23.4 Å². The van der Waals surface area contributed by atoms with Crippen molar-refractivity contribution in [3.8, 4) is 23.0 Å². The molecular weight excluding hydrogens is 434 g/mol. The third kappa shape index (κ3) is 4.88. The third-order valence-electron chi connectivity index (χ3n) is 5.31. The fraction of sp³-hybridized carbons (Fsp3) is 0.185. The zero-order chi connectivity index (χ0) is 24.1. The highest BCUT2D eigenvalue weighted by molar-refractivity contribution is 5.92. The predicted molar refractivity (Wildman–Crippen MR) is 130 cm³/mol. The van der Waals surface area contributed by atoms with E-state index in [-0.39, 0.29) is 23.7 Å². The average molecular weight is 459 g/mol. The molecule has 0 atom stereocenters. The third-order valence-corrected chi connectivity index (χ3v) is 5.31. The molecule has 0 bridgehead atoms. The van der Waals surface area contributed by atoms with E-state index in [0.29, 0.717) is 34.0 Å². The van der Waals surface area contributed by atoms with Crippen LogP contribution >= 0.6 is 0 Å². The molecule has 0 saturated heterocycles. The Morgan fingerprint density at radius 3 is 2.50 bits per heavy atom. The topological polar surface area (TPSA) is 87.0 Å². The number of para-hydroxylation sites is 3. The number of ether oxygens (including phenoxy) is 3. The first kappa shape index (κ1) is 22.9. The summed E-state index contributed by atoms with van der Waals surface area (Å²) in [7, 11) is 1.53. The quantitative estimate of drug-likeness (QED) is 0.375. The first-order valence-corrected chi connectivity index (χ1v) is 10.9. The van der Waals surface area contributed by atoms with E-state index in [1.54, 1.807) is 43.3 Å². The molecule has 7 heteroatoms. The molecule has 1 heterocycles. The Kier molecular flexibility index (Phi) is 6.82. The molecule has 0 aliphatic heterocycles. The number of hydrogen-bond donors (Lipinski definition) is 1. The number of carbonyl (C=O) groups is 1. The van der Waals surface area contributed by atoms with Gasteiger partial charge in [-0.2, -0.15) is 0 Å². The Labute approximate surface area is 196 Å². The van der Waals surface area contributed by atoms with E-state index in [1.165, 1.54) is 7.11 Å². The molecule has 1 amide bonds. The number of aryl methyl sites for hydroxylation is 2. The smallest absolute Gasteiger partial charge is 0.262 e. The van der Waals surface area contributed by atoms with E-state index >= 15 is 0 Å². The van der Waals surface area contributed by atoms with Crippen molar-refractivity contribution >= 4 is 22.6 Å². The summed E-state index contributed by atoms with van der Waals surface area (Å²) < 4.78 is 22.6. The molecule has 0 aliphatic rings. The van der Waals surface area contributed by atoms with Crippen molar-refractivity contribution in [2.24, 2.45) is 0 Å². The van der Waals surface area contributed by atoms with E-state index in [1.807, 2.05) is 37.3 Å². The minimum atomic E-state index is -0.315. The maximum Gasteiger partial charge on any atom is 0.262 e. The lowest BCUT2D eigenvalue weighted by Gasteiger charge is -2.12. The van der Waals surface area contributed by atoms with Crippen LogP contribution < -0.4 is 25.0 Å². The lowest BCUT2D eigenvalue weighted by Crippen LogP contribution is -2.20. The Bertz CT molecular complexity index is 1390. The van der Waals surface area contributed by atoms with Gasteiger partial charge < -0.3 is 23.9 Å². The molecule has 1 N–H and O–H groups in total. The van der Waals surface area contributed by atoms with Crippen LogP contribution in [-0.2, 0) is 11.2 Å². The molecule has 0 radical (unpaired) electrons. The van der Waals surface area contributed by atoms with E-state index in [9.17, 15) is 9.59 Å². The molecule has 3 aromatic carbocycles. The summed E-state index contributed by atoms with van der Waals surface area (Å²) in [5.41, 5.74) is 1.83. The van der Waals surface area contributed by atoms with Crippen LogP contribution in [0.3, 0.4) is 0 Å². The van der Waals surface area contributed by atoms with Crippen molar-refractivity contribution in [1.29, 1.82) is 0 Å². The van der Waals surface area contributed by atoms with Gasteiger partial charge in [0.1, 0.15) is 17.1 Å². The van der Waals surface area contributed by atoms with Gasteiger partial charge in [0, 0.05) is 11.8 Å². The second-order valence-electron chi connectivity index (χ2n) is 7.57. The second-order valence-corrected chi connectivity index (χ2v) is 7.57. The van der Waals surface area contributed by atoms with Crippen LogP contribution in [0.25, 0.3) is 11.0 Å². The number of anilines is 1. The van der Waals surface area contributed by atoms with Crippen molar-refractivity contribution in [2.45, 2.75) is 20.3 Å². The molecule has 0 saturated carbocycles. The molecule has 4 rings (SSSR count). The Morgan fingerprint density at radius 2 is 1.74 bits per heavy atom. The van der Waals surface area contributed by atoms with Gasteiger partial charge in [0.05, 0.1) is 12.5 Å². The van der Waals surface area contributed by atoms with Crippen LogP contribution in [0.15, 0.2) is 75.9 Å². The van der Waals surface area contributed by atoms with E-state index in [2.05, 4.69) is 5.32 Å². The van der Waals surface area contributed by atoms with Gasteiger partial charge in [-0.3, -0.25) is 9.59 Å². The number of carbonyl (C=O) groups excluding carboxylic acids is 1. The average Bonchev–Trinajstić information content (AvgIpc) is 2.85. The summed E-state index contributed by atoms with van der Waals surface area (Å²) in [6.07, 6.45) is 0.809. The Hall–Kier alpha value is -4.26. The molecule has 4 aromatic rings. The SMILES string of the molecule is CCc1ccccc1NC(=O)COc1ccc2c(=O)c(Oc3ccccc3OC)c(C)oc2c1. The molecule has 0 fully saturated rings. The van der Waals surface area contributed by atoms with Crippen LogP contribution in [0.4, 0.5) is 5.69 Å². The summed E-state index contributed by atoms with van der Waals surface area (Å²) in [6.45, 7) is 3.50. The summed E-state index contributed by atoms with van der Waals surface area (Å²) >= 11 is 0. The maximum absolute atomic E-state index is 13.1. The lowest BCUT2D eigenvalue weighted by atomic mass is 10.1. The molecule has 0 spiro atoms. The van der Waals surface area contributed by atoms with Crippen LogP contribution in [0, 0.1) is 6.92 Å². The largest absolute Gasteiger partial charge is 0.493 e. The first-order chi connectivity index (χ1) is 16.5.